The number of carbonyl (C=O) groups is 1. The number of halogens is 1. The smallest absolute Gasteiger partial charge is 0.332 e. The van der Waals surface area contributed by atoms with Crippen molar-refractivity contribution in [3.63, 3.8) is 0 Å². The molecule has 164 valence electrons. The molecule has 0 bridgehead atoms. The van der Waals surface area contributed by atoms with Crippen LogP contribution in [-0.4, -0.2) is 15.0 Å². The molecule has 2 aromatic carbocycles. The van der Waals surface area contributed by atoms with Gasteiger partial charge in [0.2, 0.25) is 5.91 Å². The van der Waals surface area contributed by atoms with E-state index in [-0.39, 0.29) is 5.91 Å². The van der Waals surface area contributed by atoms with Crippen molar-refractivity contribution in [3.05, 3.63) is 108 Å². The van der Waals surface area contributed by atoms with Crippen LogP contribution in [0.5, 0.6) is 0 Å². The summed E-state index contributed by atoms with van der Waals surface area (Å²) in [6.07, 6.45) is 0. The van der Waals surface area contributed by atoms with Crippen LogP contribution in [0.2, 0.25) is 5.02 Å². The van der Waals surface area contributed by atoms with Gasteiger partial charge < -0.3 is 10.6 Å². The van der Waals surface area contributed by atoms with Crippen LogP contribution in [-0.2, 0) is 25.4 Å². The van der Waals surface area contributed by atoms with Crippen molar-refractivity contribution in [2.24, 2.45) is 14.1 Å². The fourth-order valence-electron chi connectivity index (χ4n) is 4.08. The van der Waals surface area contributed by atoms with Crippen LogP contribution in [0.4, 0.5) is 5.82 Å². The quantitative estimate of drug-likeness (QED) is 0.640. The van der Waals surface area contributed by atoms with Gasteiger partial charge in [-0.05, 0) is 30.2 Å². The molecule has 1 unspecified atom stereocenters. The average molecular weight is 451 g/mol. The monoisotopic (exact) mass is 450 g/mol. The second-order valence-corrected chi connectivity index (χ2v) is 8.22. The molecular weight excluding hydrogens is 428 g/mol. The van der Waals surface area contributed by atoms with Gasteiger partial charge in [0, 0.05) is 36.9 Å². The average Bonchev–Trinajstić information content (AvgIpc) is 2.79. The molecule has 7 nitrogen and oxygen atoms in total. The molecular formula is C24H23ClN4O3. The summed E-state index contributed by atoms with van der Waals surface area (Å²) in [6.45, 7) is 2.11. The van der Waals surface area contributed by atoms with Gasteiger partial charge in [0.1, 0.15) is 5.82 Å². The number of fused-ring (bicyclic) bond motifs is 1. The Bertz CT molecular complexity index is 1360. The zero-order valence-electron chi connectivity index (χ0n) is 18.0. The number of nitrogens with zero attached hydrogens (tertiary/aromatic N) is 2. The largest absolute Gasteiger partial charge is 0.348 e. The third-order valence-corrected chi connectivity index (χ3v) is 5.94. The molecule has 0 saturated heterocycles. The Morgan fingerprint density at radius 3 is 2.47 bits per heavy atom. The Hall–Kier alpha value is -3.58. The molecule has 32 heavy (non-hydrogen) atoms. The maximum Gasteiger partial charge on any atom is 0.332 e. The topological polar surface area (TPSA) is 85.1 Å². The van der Waals surface area contributed by atoms with E-state index in [1.54, 1.807) is 32.2 Å². The first-order valence-electron chi connectivity index (χ1n) is 10.1. The molecule has 1 aliphatic heterocycles. The maximum absolute atomic E-state index is 13.4. The maximum atomic E-state index is 13.4. The van der Waals surface area contributed by atoms with E-state index in [0.717, 1.165) is 10.1 Å². The molecule has 4 rings (SSSR count). The van der Waals surface area contributed by atoms with Gasteiger partial charge in [-0.1, -0.05) is 54.1 Å². The van der Waals surface area contributed by atoms with E-state index < -0.39 is 17.2 Å². The van der Waals surface area contributed by atoms with Crippen molar-refractivity contribution in [1.29, 1.82) is 0 Å². The van der Waals surface area contributed by atoms with Crippen molar-refractivity contribution >= 4 is 23.3 Å². The van der Waals surface area contributed by atoms with Crippen LogP contribution >= 0.6 is 11.6 Å². The first-order valence-corrected chi connectivity index (χ1v) is 10.5. The highest BCUT2D eigenvalue weighted by molar-refractivity contribution is 6.30. The van der Waals surface area contributed by atoms with Gasteiger partial charge in [-0.3, -0.25) is 18.7 Å². The van der Waals surface area contributed by atoms with E-state index in [1.807, 2.05) is 36.4 Å². The zero-order valence-corrected chi connectivity index (χ0v) is 18.7. The minimum absolute atomic E-state index is 0.301. The fourth-order valence-corrected chi connectivity index (χ4v) is 4.28. The Morgan fingerprint density at radius 1 is 1.06 bits per heavy atom. The summed E-state index contributed by atoms with van der Waals surface area (Å²) >= 11 is 6.25. The molecule has 0 spiro atoms. The lowest BCUT2D eigenvalue weighted by molar-refractivity contribution is -0.117. The Labute approximate surface area is 190 Å². The molecule has 1 aliphatic rings. The number of hydrogen-bond acceptors (Lipinski definition) is 4. The number of carbonyl (C=O) groups excluding carboxylic acids is 1. The molecule has 2 N–H and O–H groups in total. The number of allylic oxidation sites excluding steroid dienone is 1. The molecule has 0 radical (unpaired) electrons. The van der Waals surface area contributed by atoms with Crippen LogP contribution in [0.3, 0.4) is 0 Å². The van der Waals surface area contributed by atoms with Crippen molar-refractivity contribution in [2.75, 3.05) is 5.32 Å². The highest BCUT2D eigenvalue weighted by Gasteiger charge is 2.36. The van der Waals surface area contributed by atoms with Gasteiger partial charge in [-0.15, -0.1) is 0 Å². The summed E-state index contributed by atoms with van der Waals surface area (Å²) in [5.74, 6) is -0.614. The fraction of sp³-hybridized carbons (Fsp3) is 0.208. The van der Waals surface area contributed by atoms with Crippen LogP contribution in [0.15, 0.2) is 75.5 Å². The molecule has 2 heterocycles. The number of hydrogen-bond donors (Lipinski definition) is 2. The Kier molecular flexibility index (Phi) is 5.76. The second kappa shape index (κ2) is 8.51. The summed E-state index contributed by atoms with van der Waals surface area (Å²) in [6, 6.07) is 16.7. The Balaban J connectivity index is 1.87. The van der Waals surface area contributed by atoms with Crippen molar-refractivity contribution < 1.29 is 4.79 Å². The first kappa shape index (κ1) is 21.6. The summed E-state index contributed by atoms with van der Waals surface area (Å²) in [7, 11) is 3.02. The zero-order chi connectivity index (χ0) is 23.0. The van der Waals surface area contributed by atoms with E-state index >= 15 is 0 Å². The number of anilines is 1. The molecule has 8 heteroatoms. The van der Waals surface area contributed by atoms with Crippen LogP contribution in [0, 0.1) is 0 Å². The molecule has 0 aliphatic carbocycles. The first-order chi connectivity index (χ1) is 15.3. The van der Waals surface area contributed by atoms with Crippen LogP contribution < -0.4 is 21.9 Å². The summed E-state index contributed by atoms with van der Waals surface area (Å²) in [5.41, 5.74) is 2.05. The van der Waals surface area contributed by atoms with Gasteiger partial charge >= 0.3 is 5.69 Å². The van der Waals surface area contributed by atoms with Crippen LogP contribution in [0.1, 0.15) is 29.5 Å². The summed E-state index contributed by atoms with van der Waals surface area (Å²) in [5, 5.41) is 6.56. The van der Waals surface area contributed by atoms with Crippen molar-refractivity contribution in [3.8, 4) is 0 Å². The number of nitrogens with one attached hydrogen (secondary N) is 2. The molecule has 0 saturated carbocycles. The third kappa shape index (κ3) is 3.76. The predicted octanol–water partition coefficient (Wildman–Crippen LogP) is 2.89. The van der Waals surface area contributed by atoms with Crippen molar-refractivity contribution in [2.45, 2.75) is 19.4 Å². The van der Waals surface area contributed by atoms with Gasteiger partial charge in [0.05, 0.1) is 11.5 Å². The Morgan fingerprint density at radius 2 is 1.78 bits per heavy atom. The SMILES string of the molecule is CC1=C(C(=O)NCc2ccccc2)C(c2cccc(Cl)c2)c2c(n(C)c(=O)n(C)c2=O)N1. The van der Waals surface area contributed by atoms with E-state index in [4.69, 9.17) is 11.6 Å². The standard InChI is InChI=1S/C24H23ClN4O3/c1-14-18(22(30)26-13-15-8-5-4-6-9-15)19(16-10-7-11-17(25)12-16)20-21(27-14)28(2)24(32)29(3)23(20)31/h4-12,19,27H,13H2,1-3H3,(H,26,30). The highest BCUT2D eigenvalue weighted by atomic mass is 35.5. The molecule has 1 amide bonds. The summed E-state index contributed by atoms with van der Waals surface area (Å²) in [4.78, 5) is 39.1. The lowest BCUT2D eigenvalue weighted by Crippen LogP contribution is -2.44. The van der Waals surface area contributed by atoms with Crippen LogP contribution in [0.25, 0.3) is 0 Å². The molecule has 0 fully saturated rings. The minimum Gasteiger partial charge on any atom is -0.348 e. The van der Waals surface area contributed by atoms with Gasteiger partial charge in [0.15, 0.2) is 0 Å². The van der Waals surface area contributed by atoms with Crippen molar-refractivity contribution in [1.82, 2.24) is 14.5 Å². The lowest BCUT2D eigenvalue weighted by atomic mass is 9.81. The second-order valence-electron chi connectivity index (χ2n) is 7.79. The normalized spacial score (nSPS) is 15.2. The molecule has 1 atom stereocenters. The number of benzene rings is 2. The van der Waals surface area contributed by atoms with Gasteiger partial charge in [-0.25, -0.2) is 4.79 Å². The highest BCUT2D eigenvalue weighted by Crippen LogP contribution is 2.40. The summed E-state index contributed by atoms with van der Waals surface area (Å²) < 4.78 is 2.44. The number of rotatable bonds is 4. The predicted molar refractivity (Wildman–Crippen MR) is 125 cm³/mol. The third-order valence-electron chi connectivity index (χ3n) is 5.71. The van der Waals surface area contributed by atoms with Gasteiger partial charge in [-0.2, -0.15) is 0 Å². The number of amides is 1. The minimum atomic E-state index is -0.689. The van der Waals surface area contributed by atoms with E-state index in [2.05, 4.69) is 10.6 Å². The molecule has 1 aromatic heterocycles. The number of aromatic nitrogens is 2. The van der Waals surface area contributed by atoms with Gasteiger partial charge in [0.25, 0.3) is 5.56 Å². The van der Waals surface area contributed by atoms with E-state index in [0.29, 0.717) is 39.8 Å². The van der Waals surface area contributed by atoms with E-state index in [9.17, 15) is 14.4 Å². The lowest BCUT2D eigenvalue weighted by Gasteiger charge is -2.31. The molecule has 3 aromatic rings. The van der Waals surface area contributed by atoms with E-state index in [1.165, 1.54) is 11.6 Å².